The molecule has 140 valence electrons. The zero-order chi connectivity index (χ0) is 18.4. The minimum Gasteiger partial charge on any atom is -0.371 e. The molecule has 2 fully saturated rings. The molecule has 8 heteroatoms. The van der Waals surface area contributed by atoms with Crippen molar-refractivity contribution in [3.63, 3.8) is 0 Å². The van der Waals surface area contributed by atoms with Gasteiger partial charge >= 0.3 is 5.69 Å². The van der Waals surface area contributed by atoms with Gasteiger partial charge in [-0.2, -0.15) is 4.68 Å². The maximum Gasteiger partial charge on any atom is 0.354 e. The number of hydrogen-bond donors (Lipinski definition) is 2. The van der Waals surface area contributed by atoms with E-state index in [9.17, 15) is 14.0 Å². The summed E-state index contributed by atoms with van der Waals surface area (Å²) in [4.78, 5) is 27.1. The fourth-order valence-electron chi connectivity index (χ4n) is 4.05. The van der Waals surface area contributed by atoms with Crippen molar-refractivity contribution in [2.75, 3.05) is 37.4 Å². The summed E-state index contributed by atoms with van der Waals surface area (Å²) in [6, 6.07) is 1.81. The number of nitrogens with one attached hydrogen (secondary N) is 1. The van der Waals surface area contributed by atoms with Crippen molar-refractivity contribution in [3.8, 4) is 0 Å². The lowest BCUT2D eigenvalue weighted by molar-refractivity contribution is 0.483. The fraction of sp³-hybridized carbons (Fsp3) is 0.556. The van der Waals surface area contributed by atoms with E-state index >= 15 is 0 Å². The van der Waals surface area contributed by atoms with E-state index in [2.05, 4.69) is 10.2 Å². The number of fused-ring (bicyclic) bond motifs is 1. The first-order valence-electron chi connectivity index (χ1n) is 9.10. The third-order valence-electron chi connectivity index (χ3n) is 5.53. The van der Waals surface area contributed by atoms with E-state index in [1.165, 1.54) is 10.6 Å². The molecule has 2 aromatic heterocycles. The highest BCUT2D eigenvalue weighted by Crippen LogP contribution is 2.41. The molecule has 1 saturated heterocycles. The van der Waals surface area contributed by atoms with Crippen molar-refractivity contribution in [2.24, 2.45) is 5.92 Å². The molecule has 1 aliphatic carbocycles. The van der Waals surface area contributed by atoms with Gasteiger partial charge in [0.05, 0.1) is 5.52 Å². The summed E-state index contributed by atoms with van der Waals surface area (Å²) in [5.41, 5.74) is 1.29. The van der Waals surface area contributed by atoms with E-state index in [1.807, 2.05) is 13.1 Å². The van der Waals surface area contributed by atoms with E-state index in [4.69, 9.17) is 5.84 Å². The second kappa shape index (κ2) is 6.42. The van der Waals surface area contributed by atoms with Crippen molar-refractivity contribution in [2.45, 2.75) is 31.9 Å². The fourth-order valence-corrected chi connectivity index (χ4v) is 4.05. The lowest BCUT2D eigenvalue weighted by Gasteiger charge is -2.23. The molecule has 0 amide bonds. The van der Waals surface area contributed by atoms with Crippen LogP contribution in [0.2, 0.25) is 0 Å². The van der Waals surface area contributed by atoms with E-state index in [1.54, 1.807) is 0 Å². The average molecular weight is 361 g/mol. The van der Waals surface area contributed by atoms with Gasteiger partial charge in [0.1, 0.15) is 6.67 Å². The standard InChI is InChI=1S/C18H24FN5O2/c1-21-8-11-4-5-22(9-11)14-6-15-16(12-2-3-12)17(25)24(20)18(26)23(15)10-13(14)7-19/h6,10-12,21H,2-5,7-9,20H2,1H3. The molecule has 0 aromatic carbocycles. The quantitative estimate of drug-likeness (QED) is 0.761. The minimum atomic E-state index is -0.673. The molecule has 1 saturated carbocycles. The number of nitrogen functional groups attached to an aromatic ring is 1. The van der Waals surface area contributed by atoms with Crippen LogP contribution in [0.25, 0.3) is 5.52 Å². The van der Waals surface area contributed by atoms with Gasteiger partial charge in [0.15, 0.2) is 0 Å². The van der Waals surface area contributed by atoms with Gasteiger partial charge in [-0.1, -0.05) is 0 Å². The number of rotatable bonds is 5. The molecule has 1 aliphatic heterocycles. The Balaban J connectivity index is 1.89. The lowest BCUT2D eigenvalue weighted by atomic mass is 10.1. The van der Waals surface area contributed by atoms with E-state index in [-0.39, 0.29) is 5.92 Å². The predicted molar refractivity (Wildman–Crippen MR) is 99.1 cm³/mol. The molecule has 0 radical (unpaired) electrons. The van der Waals surface area contributed by atoms with Crippen LogP contribution in [0.4, 0.5) is 10.1 Å². The van der Waals surface area contributed by atoms with Gasteiger partial charge in [0, 0.05) is 36.1 Å². The second-order valence-corrected chi connectivity index (χ2v) is 7.38. The number of hydrogen-bond acceptors (Lipinski definition) is 5. The largest absolute Gasteiger partial charge is 0.371 e. The molecule has 0 spiro atoms. The first kappa shape index (κ1) is 17.1. The third kappa shape index (κ3) is 2.68. The van der Waals surface area contributed by atoms with Crippen LogP contribution in [0, 0.1) is 5.92 Å². The number of nitrogens with zero attached hydrogens (tertiary/aromatic N) is 3. The number of pyridine rings is 1. The molecule has 4 rings (SSSR count). The number of nitrogens with two attached hydrogens (primary N) is 1. The Bertz CT molecular complexity index is 963. The first-order valence-corrected chi connectivity index (χ1v) is 9.10. The molecule has 26 heavy (non-hydrogen) atoms. The second-order valence-electron chi connectivity index (χ2n) is 7.38. The Labute approximate surface area is 150 Å². The van der Waals surface area contributed by atoms with E-state index < -0.39 is 17.9 Å². The third-order valence-corrected chi connectivity index (χ3v) is 5.53. The molecular weight excluding hydrogens is 337 g/mol. The minimum absolute atomic E-state index is 0.132. The monoisotopic (exact) mass is 361 g/mol. The molecule has 1 atom stereocenters. The lowest BCUT2D eigenvalue weighted by Crippen LogP contribution is -2.44. The average Bonchev–Trinajstić information content (AvgIpc) is 3.37. The van der Waals surface area contributed by atoms with Crippen LogP contribution < -0.4 is 27.3 Å². The number of halogens is 1. The van der Waals surface area contributed by atoms with Crippen LogP contribution in [0.5, 0.6) is 0 Å². The summed E-state index contributed by atoms with van der Waals surface area (Å²) < 4.78 is 15.7. The summed E-state index contributed by atoms with van der Waals surface area (Å²) in [5.74, 6) is 6.31. The summed E-state index contributed by atoms with van der Waals surface area (Å²) in [6.07, 6.45) is 4.37. The topological polar surface area (TPSA) is 84.8 Å². The van der Waals surface area contributed by atoms with Gasteiger partial charge < -0.3 is 16.1 Å². The van der Waals surface area contributed by atoms with Crippen LogP contribution >= 0.6 is 0 Å². The number of alkyl halides is 1. The SMILES string of the molecule is CNCC1CCN(c2cc3c(C4CC4)c(=O)n(N)c(=O)n3cc2CF)C1. The Kier molecular flexibility index (Phi) is 4.22. The molecule has 3 N–H and O–H groups in total. The smallest absolute Gasteiger partial charge is 0.354 e. The maximum atomic E-state index is 13.7. The van der Waals surface area contributed by atoms with Gasteiger partial charge in [-0.05, 0) is 50.8 Å². The zero-order valence-electron chi connectivity index (χ0n) is 14.9. The highest BCUT2D eigenvalue weighted by Gasteiger charge is 2.31. The van der Waals surface area contributed by atoms with Crippen molar-refractivity contribution in [3.05, 3.63) is 44.2 Å². The van der Waals surface area contributed by atoms with Gasteiger partial charge in [-0.3, -0.25) is 9.20 Å². The van der Waals surface area contributed by atoms with Crippen molar-refractivity contribution >= 4 is 11.2 Å². The van der Waals surface area contributed by atoms with Crippen molar-refractivity contribution in [1.29, 1.82) is 0 Å². The molecule has 2 aliphatic rings. The predicted octanol–water partition coefficient (Wildman–Crippen LogP) is 0.568. The molecule has 1 unspecified atom stereocenters. The van der Waals surface area contributed by atoms with E-state index in [0.717, 1.165) is 44.6 Å². The number of aromatic nitrogens is 2. The Morgan fingerprint density at radius 2 is 2.08 bits per heavy atom. The molecular formula is C18H24FN5O2. The zero-order valence-corrected chi connectivity index (χ0v) is 14.9. The molecule has 2 aromatic rings. The van der Waals surface area contributed by atoms with Crippen molar-refractivity contribution < 1.29 is 4.39 Å². The van der Waals surface area contributed by atoms with Crippen LogP contribution in [0.3, 0.4) is 0 Å². The molecule has 0 bridgehead atoms. The summed E-state index contributed by atoms with van der Waals surface area (Å²) in [5, 5.41) is 3.19. The Morgan fingerprint density at radius 1 is 1.31 bits per heavy atom. The highest BCUT2D eigenvalue weighted by atomic mass is 19.1. The maximum absolute atomic E-state index is 13.7. The summed E-state index contributed by atoms with van der Waals surface area (Å²) >= 11 is 0. The van der Waals surface area contributed by atoms with Gasteiger partial charge in [0.25, 0.3) is 5.56 Å². The highest BCUT2D eigenvalue weighted by molar-refractivity contribution is 5.68. The van der Waals surface area contributed by atoms with Crippen LogP contribution in [-0.2, 0) is 6.67 Å². The van der Waals surface area contributed by atoms with Gasteiger partial charge in [-0.25, -0.2) is 9.18 Å². The van der Waals surface area contributed by atoms with Crippen LogP contribution in [0.1, 0.15) is 36.3 Å². The molecule has 3 heterocycles. The van der Waals surface area contributed by atoms with Crippen LogP contribution in [0.15, 0.2) is 21.9 Å². The molecule has 7 nitrogen and oxygen atoms in total. The number of anilines is 1. The Morgan fingerprint density at radius 3 is 2.73 bits per heavy atom. The normalized spacial score (nSPS) is 20.2. The summed E-state index contributed by atoms with van der Waals surface area (Å²) in [6.45, 7) is 1.92. The Hall–Kier alpha value is -2.35. The van der Waals surface area contributed by atoms with Gasteiger partial charge in [0.2, 0.25) is 0 Å². The van der Waals surface area contributed by atoms with E-state index in [0.29, 0.717) is 27.2 Å². The van der Waals surface area contributed by atoms with Crippen LogP contribution in [-0.4, -0.2) is 35.8 Å². The summed E-state index contributed by atoms with van der Waals surface area (Å²) in [7, 11) is 1.93. The van der Waals surface area contributed by atoms with Gasteiger partial charge in [-0.15, -0.1) is 0 Å². The van der Waals surface area contributed by atoms with Crippen molar-refractivity contribution in [1.82, 2.24) is 14.4 Å². The first-order chi connectivity index (χ1) is 12.5.